The van der Waals surface area contributed by atoms with Crippen LogP contribution in [0.15, 0.2) is 35.1 Å². The Morgan fingerprint density at radius 1 is 1.31 bits per heavy atom. The zero-order chi connectivity index (χ0) is 18.1. The molecule has 1 saturated heterocycles. The number of amides is 1. The first-order chi connectivity index (χ1) is 12.6. The molecular formula is C21H25N3O2. The number of aromatic nitrogens is 2. The molecule has 5 heteroatoms. The fraction of sp³-hybridized carbons (Fsp3) is 0.476. The van der Waals surface area contributed by atoms with Crippen LogP contribution in [0.3, 0.4) is 0 Å². The summed E-state index contributed by atoms with van der Waals surface area (Å²) in [6, 6.07) is 10.1. The summed E-state index contributed by atoms with van der Waals surface area (Å²) in [6.45, 7) is 3.28. The topological polar surface area (TPSA) is 66.1 Å². The molecule has 136 valence electrons. The van der Waals surface area contributed by atoms with Crippen LogP contribution in [0, 0.1) is 6.92 Å². The highest BCUT2D eigenvalue weighted by Crippen LogP contribution is 2.36. The Morgan fingerprint density at radius 3 is 3.00 bits per heavy atom. The van der Waals surface area contributed by atoms with Crippen LogP contribution in [0.5, 0.6) is 0 Å². The fourth-order valence-corrected chi connectivity index (χ4v) is 4.45. The lowest BCUT2D eigenvalue weighted by molar-refractivity contribution is -0.132. The molecule has 26 heavy (non-hydrogen) atoms. The van der Waals surface area contributed by atoms with Gasteiger partial charge in [-0.15, -0.1) is 0 Å². The average Bonchev–Trinajstić information content (AvgIpc) is 3.04. The predicted molar refractivity (Wildman–Crippen MR) is 100 cm³/mol. The number of hydrogen-bond acceptors (Lipinski definition) is 3. The molecule has 1 N–H and O–H groups in total. The first kappa shape index (κ1) is 17.0. The Balaban J connectivity index is 1.45. The molecule has 2 aromatic rings. The van der Waals surface area contributed by atoms with Crippen LogP contribution in [0.25, 0.3) is 0 Å². The van der Waals surface area contributed by atoms with Gasteiger partial charge in [0.25, 0.3) is 5.56 Å². The molecule has 1 aliphatic heterocycles. The fourth-order valence-electron chi connectivity index (χ4n) is 4.45. The molecule has 1 aromatic carbocycles. The van der Waals surface area contributed by atoms with Gasteiger partial charge < -0.3 is 9.88 Å². The highest BCUT2D eigenvalue weighted by atomic mass is 16.2. The maximum Gasteiger partial charge on any atom is 0.251 e. The Kier molecular flexibility index (Phi) is 4.62. The van der Waals surface area contributed by atoms with E-state index in [-0.39, 0.29) is 17.4 Å². The van der Waals surface area contributed by atoms with Gasteiger partial charge in [0, 0.05) is 31.5 Å². The standard InChI is InChI=1S/C21H25N3O2/c1-14-22-19(12-20(25)23-14)17-6-4-10-24(13-17)21(26)11-16-9-8-15-5-2-3-7-18(15)16/h2-3,5,7,12,16-17H,4,6,8-11,13H2,1H3,(H,22,23,25)/t16-,17-/m1/s1. The maximum atomic E-state index is 12.9. The SMILES string of the molecule is Cc1nc([C@@H]2CCCN(C(=O)C[C@H]3CCc4ccccc43)C2)cc(=O)[nH]1. The van der Waals surface area contributed by atoms with E-state index in [1.54, 1.807) is 13.0 Å². The number of aryl methyl sites for hydroxylation is 2. The van der Waals surface area contributed by atoms with E-state index in [1.165, 1.54) is 11.1 Å². The zero-order valence-electron chi connectivity index (χ0n) is 15.2. The minimum absolute atomic E-state index is 0.112. The summed E-state index contributed by atoms with van der Waals surface area (Å²) >= 11 is 0. The van der Waals surface area contributed by atoms with Crippen LogP contribution < -0.4 is 5.56 Å². The molecule has 1 aliphatic carbocycles. The zero-order valence-corrected chi connectivity index (χ0v) is 15.2. The number of nitrogens with one attached hydrogen (secondary N) is 1. The summed E-state index contributed by atoms with van der Waals surface area (Å²) in [5.74, 6) is 1.38. The van der Waals surface area contributed by atoms with E-state index in [4.69, 9.17) is 0 Å². The second-order valence-electron chi connectivity index (χ2n) is 7.57. The van der Waals surface area contributed by atoms with Crippen LogP contribution in [-0.2, 0) is 11.2 Å². The number of carbonyl (C=O) groups excluding carboxylic acids is 1. The molecule has 0 unspecified atom stereocenters. The smallest absolute Gasteiger partial charge is 0.251 e. The van der Waals surface area contributed by atoms with Crippen molar-refractivity contribution in [2.24, 2.45) is 0 Å². The van der Waals surface area contributed by atoms with E-state index in [1.807, 2.05) is 4.90 Å². The van der Waals surface area contributed by atoms with Crippen molar-refractivity contribution in [1.29, 1.82) is 0 Å². The lowest BCUT2D eigenvalue weighted by Gasteiger charge is -2.33. The van der Waals surface area contributed by atoms with Gasteiger partial charge in [-0.3, -0.25) is 9.59 Å². The molecular weight excluding hydrogens is 326 g/mol. The monoisotopic (exact) mass is 351 g/mol. The third-order valence-electron chi connectivity index (χ3n) is 5.75. The Labute approximate surface area is 153 Å². The average molecular weight is 351 g/mol. The number of piperidine rings is 1. The minimum atomic E-state index is -0.112. The van der Waals surface area contributed by atoms with Crippen molar-refractivity contribution in [3.63, 3.8) is 0 Å². The van der Waals surface area contributed by atoms with Gasteiger partial charge in [0.1, 0.15) is 5.82 Å². The van der Waals surface area contributed by atoms with E-state index in [0.29, 0.717) is 24.7 Å². The normalized spacial score (nSPS) is 22.3. The molecule has 1 aromatic heterocycles. The number of benzene rings is 1. The van der Waals surface area contributed by atoms with Gasteiger partial charge in [-0.1, -0.05) is 24.3 Å². The van der Waals surface area contributed by atoms with Crippen molar-refractivity contribution in [2.45, 2.75) is 50.9 Å². The number of H-pyrrole nitrogens is 1. The highest BCUT2D eigenvalue weighted by Gasteiger charge is 2.30. The molecule has 2 heterocycles. The summed E-state index contributed by atoms with van der Waals surface area (Å²) in [7, 11) is 0. The van der Waals surface area contributed by atoms with Crippen molar-refractivity contribution >= 4 is 5.91 Å². The Morgan fingerprint density at radius 2 is 2.15 bits per heavy atom. The third-order valence-corrected chi connectivity index (χ3v) is 5.75. The van der Waals surface area contributed by atoms with Crippen LogP contribution in [-0.4, -0.2) is 33.9 Å². The molecule has 0 radical (unpaired) electrons. The molecule has 0 bridgehead atoms. The number of likely N-dealkylation sites (tertiary alicyclic amines) is 1. The molecule has 1 fully saturated rings. The summed E-state index contributed by atoms with van der Waals surface area (Å²) in [6.07, 6.45) is 4.67. The van der Waals surface area contributed by atoms with Gasteiger partial charge in [0.2, 0.25) is 5.91 Å². The van der Waals surface area contributed by atoms with Crippen molar-refractivity contribution in [3.8, 4) is 0 Å². The van der Waals surface area contributed by atoms with E-state index in [9.17, 15) is 9.59 Å². The largest absolute Gasteiger partial charge is 0.342 e. The van der Waals surface area contributed by atoms with Gasteiger partial charge >= 0.3 is 0 Å². The lowest BCUT2D eigenvalue weighted by Crippen LogP contribution is -2.40. The Bertz CT molecular complexity index is 874. The van der Waals surface area contributed by atoms with E-state index in [2.05, 4.69) is 34.2 Å². The molecule has 0 saturated carbocycles. The molecule has 0 spiro atoms. The van der Waals surface area contributed by atoms with Crippen molar-refractivity contribution in [2.75, 3.05) is 13.1 Å². The third kappa shape index (κ3) is 3.43. The van der Waals surface area contributed by atoms with Gasteiger partial charge in [-0.2, -0.15) is 0 Å². The number of hydrogen-bond donors (Lipinski definition) is 1. The number of aromatic amines is 1. The highest BCUT2D eigenvalue weighted by molar-refractivity contribution is 5.77. The second-order valence-corrected chi connectivity index (χ2v) is 7.57. The van der Waals surface area contributed by atoms with Crippen molar-refractivity contribution < 1.29 is 4.79 Å². The molecule has 4 rings (SSSR count). The molecule has 5 nitrogen and oxygen atoms in total. The van der Waals surface area contributed by atoms with E-state index < -0.39 is 0 Å². The van der Waals surface area contributed by atoms with Gasteiger partial charge in [-0.25, -0.2) is 4.98 Å². The van der Waals surface area contributed by atoms with Crippen LogP contribution >= 0.6 is 0 Å². The minimum Gasteiger partial charge on any atom is -0.342 e. The van der Waals surface area contributed by atoms with Gasteiger partial charge in [0.05, 0.1) is 5.69 Å². The lowest BCUT2D eigenvalue weighted by atomic mass is 9.92. The molecule has 2 aliphatic rings. The predicted octanol–water partition coefficient (Wildman–Crippen LogP) is 2.90. The van der Waals surface area contributed by atoms with Crippen LogP contribution in [0.2, 0.25) is 0 Å². The van der Waals surface area contributed by atoms with Crippen molar-refractivity contribution in [1.82, 2.24) is 14.9 Å². The van der Waals surface area contributed by atoms with Gasteiger partial charge in [0.15, 0.2) is 0 Å². The second kappa shape index (κ2) is 7.06. The number of nitrogens with zero attached hydrogens (tertiary/aromatic N) is 2. The summed E-state index contributed by atoms with van der Waals surface area (Å²) in [5.41, 5.74) is 3.44. The Hall–Kier alpha value is -2.43. The van der Waals surface area contributed by atoms with Crippen LogP contribution in [0.1, 0.15) is 60.2 Å². The number of carbonyl (C=O) groups is 1. The van der Waals surface area contributed by atoms with Gasteiger partial charge in [-0.05, 0) is 49.7 Å². The summed E-state index contributed by atoms with van der Waals surface area (Å²) < 4.78 is 0. The maximum absolute atomic E-state index is 12.9. The number of rotatable bonds is 3. The summed E-state index contributed by atoms with van der Waals surface area (Å²) in [5, 5.41) is 0. The van der Waals surface area contributed by atoms with Crippen molar-refractivity contribution in [3.05, 3.63) is 63.3 Å². The van der Waals surface area contributed by atoms with E-state index >= 15 is 0 Å². The van der Waals surface area contributed by atoms with E-state index in [0.717, 1.165) is 37.9 Å². The number of fused-ring (bicyclic) bond motifs is 1. The quantitative estimate of drug-likeness (QED) is 0.925. The van der Waals surface area contributed by atoms with Crippen LogP contribution in [0.4, 0.5) is 0 Å². The first-order valence-corrected chi connectivity index (χ1v) is 9.53. The first-order valence-electron chi connectivity index (χ1n) is 9.53. The summed E-state index contributed by atoms with van der Waals surface area (Å²) in [4.78, 5) is 33.8. The molecule has 1 amide bonds. The molecule has 2 atom stereocenters.